The van der Waals surface area contributed by atoms with E-state index in [1.165, 1.54) is 12.0 Å². The molecule has 0 aliphatic heterocycles. The van der Waals surface area contributed by atoms with E-state index < -0.39 is 6.43 Å². The van der Waals surface area contributed by atoms with Crippen LogP contribution in [0.15, 0.2) is 18.2 Å². The Bertz CT molecular complexity index is 412. The van der Waals surface area contributed by atoms with Gasteiger partial charge in [-0.05, 0) is 12.1 Å². The van der Waals surface area contributed by atoms with Gasteiger partial charge in [-0.1, -0.05) is 12.2 Å². The molecule has 0 aliphatic rings. The largest absolute Gasteiger partial charge is 0.497 e. The summed E-state index contributed by atoms with van der Waals surface area (Å²) in [5.74, 6) is 0.570. The molecule has 0 radical (unpaired) electrons. The van der Waals surface area contributed by atoms with E-state index in [4.69, 9.17) is 22.7 Å². The monoisotopic (exact) mass is 260 g/mol. The van der Waals surface area contributed by atoms with Crippen molar-refractivity contribution in [2.75, 3.05) is 25.6 Å². The second kappa shape index (κ2) is 5.77. The zero-order chi connectivity index (χ0) is 13.0. The average molecular weight is 260 g/mol. The molecule has 0 atom stereocenters. The quantitative estimate of drug-likeness (QED) is 0.822. The van der Waals surface area contributed by atoms with Crippen LogP contribution in [0.5, 0.6) is 5.75 Å². The van der Waals surface area contributed by atoms with Crippen LogP contribution < -0.4 is 15.4 Å². The number of halogens is 2. The molecular formula is C11H14F2N2OS. The van der Waals surface area contributed by atoms with Crippen molar-refractivity contribution in [3.8, 4) is 5.75 Å². The van der Waals surface area contributed by atoms with Gasteiger partial charge in [0.05, 0.1) is 19.3 Å². The van der Waals surface area contributed by atoms with Gasteiger partial charge in [0.25, 0.3) is 6.43 Å². The summed E-state index contributed by atoms with van der Waals surface area (Å²) in [7, 11) is 3.06. The standard InChI is InChI=1S/C11H14F2N2OS/c1-15(6-10(12)13)9-5-7(16-2)3-4-8(9)11(14)17/h3-5,10H,6H2,1-2H3,(H2,14,17). The summed E-state index contributed by atoms with van der Waals surface area (Å²) < 4.78 is 29.7. The van der Waals surface area contributed by atoms with Gasteiger partial charge in [0.1, 0.15) is 10.7 Å². The maximum Gasteiger partial charge on any atom is 0.255 e. The molecular weight excluding hydrogens is 246 g/mol. The number of hydrogen-bond acceptors (Lipinski definition) is 3. The summed E-state index contributed by atoms with van der Waals surface area (Å²) in [6.07, 6.45) is -2.43. The van der Waals surface area contributed by atoms with Gasteiger partial charge in [-0.2, -0.15) is 0 Å². The molecule has 0 aromatic heterocycles. The number of nitrogens with two attached hydrogens (primary N) is 1. The van der Waals surface area contributed by atoms with Crippen LogP contribution >= 0.6 is 12.2 Å². The summed E-state index contributed by atoms with van der Waals surface area (Å²) >= 11 is 4.88. The lowest BCUT2D eigenvalue weighted by Crippen LogP contribution is -2.26. The Kier molecular flexibility index (Phi) is 4.62. The van der Waals surface area contributed by atoms with Crippen LogP contribution in [0.1, 0.15) is 5.56 Å². The van der Waals surface area contributed by atoms with Gasteiger partial charge >= 0.3 is 0 Å². The van der Waals surface area contributed by atoms with Crippen LogP contribution in [0.3, 0.4) is 0 Å². The lowest BCUT2D eigenvalue weighted by atomic mass is 10.1. The van der Waals surface area contributed by atoms with E-state index in [2.05, 4.69) is 0 Å². The van der Waals surface area contributed by atoms with Crippen molar-refractivity contribution in [1.82, 2.24) is 0 Å². The zero-order valence-electron chi connectivity index (χ0n) is 9.61. The number of alkyl halides is 2. The number of anilines is 1. The first-order chi connectivity index (χ1) is 7.95. The highest BCUT2D eigenvalue weighted by Crippen LogP contribution is 2.25. The molecule has 1 aromatic carbocycles. The van der Waals surface area contributed by atoms with Gasteiger partial charge < -0.3 is 15.4 Å². The Labute approximate surface area is 104 Å². The Morgan fingerprint density at radius 3 is 2.65 bits per heavy atom. The van der Waals surface area contributed by atoms with Crippen molar-refractivity contribution in [2.45, 2.75) is 6.43 Å². The summed E-state index contributed by atoms with van der Waals surface area (Å²) in [6, 6.07) is 4.99. The first-order valence-corrected chi connectivity index (χ1v) is 5.33. The van der Waals surface area contributed by atoms with E-state index in [1.54, 1.807) is 25.2 Å². The molecule has 0 unspecified atom stereocenters. The fraction of sp³-hybridized carbons (Fsp3) is 0.364. The van der Waals surface area contributed by atoms with Crippen LogP contribution in [0.25, 0.3) is 0 Å². The molecule has 0 saturated heterocycles. The van der Waals surface area contributed by atoms with Crippen LogP contribution in [0.2, 0.25) is 0 Å². The average Bonchev–Trinajstić information content (AvgIpc) is 2.27. The minimum atomic E-state index is -2.43. The fourth-order valence-corrected chi connectivity index (χ4v) is 1.64. The van der Waals surface area contributed by atoms with Gasteiger partial charge in [0.15, 0.2) is 0 Å². The highest BCUT2D eigenvalue weighted by Gasteiger charge is 2.14. The van der Waals surface area contributed by atoms with Gasteiger partial charge in [-0.25, -0.2) is 8.78 Å². The lowest BCUT2D eigenvalue weighted by Gasteiger charge is -2.22. The molecule has 0 bridgehead atoms. The molecule has 3 nitrogen and oxygen atoms in total. The molecule has 94 valence electrons. The van der Waals surface area contributed by atoms with E-state index in [1.807, 2.05) is 0 Å². The van der Waals surface area contributed by atoms with E-state index >= 15 is 0 Å². The number of methoxy groups -OCH3 is 1. The van der Waals surface area contributed by atoms with E-state index in [9.17, 15) is 8.78 Å². The van der Waals surface area contributed by atoms with Gasteiger partial charge in [0.2, 0.25) is 0 Å². The molecule has 0 heterocycles. The molecule has 0 fully saturated rings. The number of nitrogens with zero attached hydrogens (tertiary/aromatic N) is 1. The molecule has 0 spiro atoms. The molecule has 1 aromatic rings. The fourth-order valence-electron chi connectivity index (χ4n) is 1.47. The maximum absolute atomic E-state index is 12.3. The zero-order valence-corrected chi connectivity index (χ0v) is 10.4. The Balaban J connectivity index is 3.12. The van der Waals surface area contributed by atoms with Crippen LogP contribution in [0.4, 0.5) is 14.5 Å². The normalized spacial score (nSPS) is 10.4. The smallest absolute Gasteiger partial charge is 0.255 e. The van der Waals surface area contributed by atoms with Crippen molar-refractivity contribution >= 4 is 22.9 Å². The third kappa shape index (κ3) is 3.52. The molecule has 2 N–H and O–H groups in total. The Hall–Kier alpha value is -1.43. The molecule has 0 saturated carbocycles. The number of rotatable bonds is 5. The first kappa shape index (κ1) is 13.6. The molecule has 6 heteroatoms. The molecule has 17 heavy (non-hydrogen) atoms. The first-order valence-electron chi connectivity index (χ1n) is 4.92. The van der Waals surface area contributed by atoms with Crippen LogP contribution in [0, 0.1) is 0 Å². The van der Waals surface area contributed by atoms with E-state index in [0.29, 0.717) is 17.0 Å². The third-order valence-electron chi connectivity index (χ3n) is 2.29. The molecule has 0 aliphatic carbocycles. The van der Waals surface area contributed by atoms with E-state index in [0.717, 1.165) is 0 Å². The topological polar surface area (TPSA) is 38.5 Å². The van der Waals surface area contributed by atoms with Crippen molar-refractivity contribution in [3.05, 3.63) is 23.8 Å². The second-order valence-corrected chi connectivity index (χ2v) is 3.96. The molecule has 1 rings (SSSR count). The second-order valence-electron chi connectivity index (χ2n) is 3.52. The highest BCUT2D eigenvalue weighted by molar-refractivity contribution is 7.80. The van der Waals surface area contributed by atoms with Crippen molar-refractivity contribution in [2.24, 2.45) is 5.73 Å². The van der Waals surface area contributed by atoms with Gasteiger partial charge in [0, 0.05) is 18.7 Å². The Morgan fingerprint density at radius 2 is 2.18 bits per heavy atom. The van der Waals surface area contributed by atoms with Crippen LogP contribution in [-0.4, -0.2) is 32.1 Å². The van der Waals surface area contributed by atoms with E-state index in [-0.39, 0.29) is 11.5 Å². The number of hydrogen-bond donors (Lipinski definition) is 1. The van der Waals surface area contributed by atoms with Crippen molar-refractivity contribution in [3.63, 3.8) is 0 Å². The summed E-state index contributed by atoms with van der Waals surface area (Å²) in [5, 5.41) is 0. The minimum Gasteiger partial charge on any atom is -0.497 e. The summed E-state index contributed by atoms with van der Waals surface area (Å²) in [6.45, 7) is -0.386. The lowest BCUT2D eigenvalue weighted by molar-refractivity contribution is 0.156. The van der Waals surface area contributed by atoms with Crippen molar-refractivity contribution in [1.29, 1.82) is 0 Å². The van der Waals surface area contributed by atoms with Gasteiger partial charge in [-0.15, -0.1) is 0 Å². The number of benzene rings is 1. The third-order valence-corrected chi connectivity index (χ3v) is 2.51. The van der Waals surface area contributed by atoms with Crippen molar-refractivity contribution < 1.29 is 13.5 Å². The highest BCUT2D eigenvalue weighted by atomic mass is 32.1. The predicted octanol–water partition coefficient (Wildman–Crippen LogP) is 2.03. The number of thiocarbonyl (C=S) groups is 1. The molecule has 0 amide bonds. The van der Waals surface area contributed by atoms with Gasteiger partial charge in [-0.3, -0.25) is 0 Å². The SMILES string of the molecule is COc1ccc(C(N)=S)c(N(C)CC(F)F)c1. The minimum absolute atomic E-state index is 0.170. The maximum atomic E-state index is 12.3. The van der Waals surface area contributed by atoms with Crippen LogP contribution in [-0.2, 0) is 0 Å². The summed E-state index contributed by atoms with van der Waals surface area (Å²) in [4.78, 5) is 1.57. The predicted molar refractivity (Wildman–Crippen MR) is 68.2 cm³/mol. The summed E-state index contributed by atoms with van der Waals surface area (Å²) in [5.41, 5.74) is 6.65. The Morgan fingerprint density at radius 1 is 1.53 bits per heavy atom. The number of ether oxygens (including phenoxy) is 1.